The number of amides is 2. The molecule has 124 valence electrons. The average Bonchev–Trinajstić information content (AvgIpc) is 2.36. The summed E-state index contributed by atoms with van der Waals surface area (Å²) in [6, 6.07) is 0.411. The van der Waals surface area contributed by atoms with E-state index in [2.05, 4.69) is 4.74 Å². The summed E-state index contributed by atoms with van der Waals surface area (Å²) >= 11 is 0. The van der Waals surface area contributed by atoms with Crippen LogP contribution in [0.4, 0.5) is 32.4 Å². The van der Waals surface area contributed by atoms with Crippen LogP contribution in [0.25, 0.3) is 0 Å². The van der Waals surface area contributed by atoms with E-state index >= 15 is 0 Å². The Hall–Kier alpha value is -2.10. The Bertz CT molecular complexity index is 527. The van der Waals surface area contributed by atoms with Crippen LogP contribution in [0.3, 0.4) is 0 Å². The summed E-state index contributed by atoms with van der Waals surface area (Å²) < 4.78 is 67.8. The summed E-state index contributed by atoms with van der Waals surface area (Å²) in [5.74, 6) is -2.83. The van der Waals surface area contributed by atoms with Crippen LogP contribution in [-0.2, 0) is 0 Å². The first-order valence-corrected chi connectivity index (χ1v) is 5.86. The second-order valence-electron chi connectivity index (χ2n) is 4.34. The molecule has 0 heterocycles. The van der Waals surface area contributed by atoms with Crippen molar-refractivity contribution in [2.45, 2.75) is 12.3 Å². The first-order chi connectivity index (χ1) is 10.1. The third-order valence-corrected chi connectivity index (χ3v) is 2.63. The summed E-state index contributed by atoms with van der Waals surface area (Å²) in [7, 11) is 2.03. The highest BCUT2D eigenvalue weighted by atomic mass is 19.4. The third-order valence-electron chi connectivity index (χ3n) is 2.63. The predicted molar refractivity (Wildman–Crippen MR) is 66.6 cm³/mol. The van der Waals surface area contributed by atoms with E-state index < -0.39 is 42.2 Å². The van der Waals surface area contributed by atoms with E-state index in [0.717, 1.165) is 26.3 Å². The van der Waals surface area contributed by atoms with Gasteiger partial charge < -0.3 is 20.1 Å². The number of halogens is 5. The van der Waals surface area contributed by atoms with Gasteiger partial charge in [0.25, 0.3) is 0 Å². The second-order valence-corrected chi connectivity index (χ2v) is 4.34. The molecule has 1 aromatic rings. The molecule has 0 unspecified atom stereocenters. The SMILES string of the molecule is COc1c(F)cc(NC(=O)N(C)C[C@@H](O)C(F)(F)F)cc1F. The molecule has 0 bridgehead atoms. The van der Waals surface area contributed by atoms with E-state index in [1.807, 2.05) is 5.32 Å². The largest absolute Gasteiger partial charge is 0.491 e. The fourth-order valence-corrected chi connectivity index (χ4v) is 1.49. The number of carbonyl (C=O) groups excluding carboxylic acids is 1. The van der Waals surface area contributed by atoms with Crippen LogP contribution in [0.15, 0.2) is 12.1 Å². The number of aliphatic hydroxyl groups excluding tert-OH is 1. The Morgan fingerprint density at radius 3 is 2.27 bits per heavy atom. The lowest BCUT2D eigenvalue weighted by atomic mass is 10.2. The number of nitrogens with one attached hydrogen (secondary N) is 1. The summed E-state index contributed by atoms with van der Waals surface area (Å²) in [5.41, 5.74) is -0.311. The summed E-state index contributed by atoms with van der Waals surface area (Å²) in [6.07, 6.45) is -7.61. The topological polar surface area (TPSA) is 61.8 Å². The van der Waals surface area contributed by atoms with E-state index in [1.165, 1.54) is 0 Å². The number of methoxy groups -OCH3 is 1. The van der Waals surface area contributed by atoms with Crippen molar-refractivity contribution in [2.24, 2.45) is 0 Å². The molecule has 1 rings (SSSR count). The van der Waals surface area contributed by atoms with Crippen molar-refractivity contribution in [3.8, 4) is 5.75 Å². The van der Waals surface area contributed by atoms with Crippen LogP contribution in [-0.4, -0.2) is 49.0 Å². The fraction of sp³-hybridized carbons (Fsp3) is 0.417. The van der Waals surface area contributed by atoms with Gasteiger partial charge in [0.15, 0.2) is 23.5 Å². The standard InChI is InChI=1S/C12H13F5N2O3/c1-19(5-9(20)12(15,16)17)11(21)18-6-3-7(13)10(22-2)8(14)4-6/h3-4,9,20H,5H2,1-2H3,(H,18,21)/t9-/m1/s1. The number of benzene rings is 1. The predicted octanol–water partition coefficient (Wildman–Crippen LogP) is 2.36. The van der Waals surface area contributed by atoms with Gasteiger partial charge in [0, 0.05) is 24.9 Å². The Morgan fingerprint density at radius 2 is 1.86 bits per heavy atom. The van der Waals surface area contributed by atoms with Gasteiger partial charge in [-0.25, -0.2) is 13.6 Å². The maximum Gasteiger partial charge on any atom is 0.416 e. The number of nitrogens with zero attached hydrogens (tertiary/aromatic N) is 1. The quantitative estimate of drug-likeness (QED) is 0.834. The molecule has 0 aromatic heterocycles. The molecule has 0 radical (unpaired) electrons. The summed E-state index contributed by atoms with van der Waals surface area (Å²) in [6.45, 7) is -1.03. The molecule has 2 amide bonds. The van der Waals surface area contributed by atoms with E-state index in [9.17, 15) is 26.7 Å². The molecule has 0 aliphatic carbocycles. The molecule has 0 saturated heterocycles. The van der Waals surface area contributed by atoms with Crippen LogP contribution in [0.2, 0.25) is 0 Å². The molecule has 0 saturated carbocycles. The summed E-state index contributed by atoms with van der Waals surface area (Å²) in [4.78, 5) is 12.1. The zero-order valence-corrected chi connectivity index (χ0v) is 11.5. The van der Waals surface area contributed by atoms with Crippen LogP contribution in [0.5, 0.6) is 5.75 Å². The minimum absolute atomic E-state index is 0.311. The number of alkyl halides is 3. The smallest absolute Gasteiger partial charge is 0.416 e. The number of carbonyl (C=O) groups is 1. The van der Waals surface area contributed by atoms with Crippen molar-refractivity contribution in [3.05, 3.63) is 23.8 Å². The first-order valence-electron chi connectivity index (χ1n) is 5.86. The molecule has 1 aromatic carbocycles. The number of likely N-dealkylation sites (N-methyl/N-ethyl adjacent to an activating group) is 1. The van der Waals surface area contributed by atoms with Gasteiger partial charge in [-0.3, -0.25) is 0 Å². The second kappa shape index (κ2) is 6.77. The van der Waals surface area contributed by atoms with Crippen LogP contribution in [0.1, 0.15) is 0 Å². The van der Waals surface area contributed by atoms with Gasteiger partial charge in [-0.15, -0.1) is 0 Å². The lowest BCUT2D eigenvalue weighted by Gasteiger charge is -2.22. The molecular formula is C12H13F5N2O3. The van der Waals surface area contributed by atoms with Crippen LogP contribution in [0, 0.1) is 11.6 Å². The normalized spacial score (nSPS) is 12.7. The van der Waals surface area contributed by atoms with Crippen molar-refractivity contribution < 1.29 is 36.6 Å². The van der Waals surface area contributed by atoms with Gasteiger partial charge in [-0.05, 0) is 0 Å². The van der Waals surface area contributed by atoms with Gasteiger partial charge in [-0.1, -0.05) is 0 Å². The van der Waals surface area contributed by atoms with Crippen molar-refractivity contribution in [1.82, 2.24) is 4.90 Å². The molecule has 0 aliphatic rings. The highest BCUT2D eigenvalue weighted by molar-refractivity contribution is 5.89. The average molecular weight is 328 g/mol. The minimum atomic E-state index is -4.88. The maximum atomic E-state index is 13.4. The van der Waals surface area contributed by atoms with Gasteiger partial charge in [0.05, 0.1) is 13.7 Å². The zero-order chi connectivity index (χ0) is 17.1. The molecular weight excluding hydrogens is 315 g/mol. The third kappa shape index (κ3) is 4.45. The number of aliphatic hydroxyl groups is 1. The highest BCUT2D eigenvalue weighted by Crippen LogP contribution is 2.25. The van der Waals surface area contributed by atoms with Gasteiger partial charge >= 0.3 is 12.2 Å². The maximum absolute atomic E-state index is 13.4. The number of ether oxygens (including phenoxy) is 1. The van der Waals surface area contributed by atoms with Crippen molar-refractivity contribution in [2.75, 3.05) is 26.0 Å². The number of rotatable bonds is 4. The van der Waals surface area contributed by atoms with E-state index in [0.29, 0.717) is 4.90 Å². The van der Waals surface area contributed by atoms with E-state index in [1.54, 1.807) is 0 Å². The zero-order valence-electron chi connectivity index (χ0n) is 11.5. The lowest BCUT2D eigenvalue weighted by molar-refractivity contribution is -0.205. The van der Waals surface area contributed by atoms with Gasteiger partial charge in [-0.2, -0.15) is 13.2 Å². The Labute approximate surface area is 122 Å². The molecule has 5 nitrogen and oxygen atoms in total. The van der Waals surface area contributed by atoms with E-state index in [-0.39, 0.29) is 5.69 Å². The van der Waals surface area contributed by atoms with Crippen LogP contribution < -0.4 is 10.1 Å². The highest BCUT2D eigenvalue weighted by Gasteiger charge is 2.39. The monoisotopic (exact) mass is 328 g/mol. The Kier molecular flexibility index (Phi) is 5.53. The Morgan fingerprint density at radius 1 is 1.36 bits per heavy atom. The van der Waals surface area contributed by atoms with Gasteiger partial charge in [0.1, 0.15) is 0 Å². The molecule has 1 atom stereocenters. The molecule has 0 aliphatic heterocycles. The number of anilines is 1. The Balaban J connectivity index is 2.77. The number of urea groups is 1. The van der Waals surface area contributed by atoms with E-state index in [4.69, 9.17) is 5.11 Å². The number of hydrogen-bond acceptors (Lipinski definition) is 3. The van der Waals surface area contributed by atoms with Crippen LogP contribution >= 0.6 is 0 Å². The first kappa shape index (κ1) is 18.0. The number of hydrogen-bond donors (Lipinski definition) is 2. The molecule has 0 fully saturated rings. The van der Waals surface area contributed by atoms with Crippen molar-refractivity contribution in [3.63, 3.8) is 0 Å². The van der Waals surface area contributed by atoms with Crippen molar-refractivity contribution in [1.29, 1.82) is 0 Å². The minimum Gasteiger partial charge on any atom is -0.491 e. The molecule has 0 spiro atoms. The molecule has 10 heteroatoms. The van der Waals surface area contributed by atoms with Gasteiger partial charge in [0.2, 0.25) is 0 Å². The molecule has 22 heavy (non-hydrogen) atoms. The lowest BCUT2D eigenvalue weighted by Crippen LogP contribution is -2.43. The van der Waals surface area contributed by atoms with Crippen molar-refractivity contribution >= 4 is 11.7 Å². The molecule has 2 N–H and O–H groups in total. The fourth-order valence-electron chi connectivity index (χ4n) is 1.49. The summed E-state index contributed by atoms with van der Waals surface area (Å²) in [5, 5.41) is 10.8.